The Morgan fingerprint density at radius 3 is 0.819 bits per heavy atom. The smallest absolute Gasteiger partial charge is 0.306 e. The van der Waals surface area contributed by atoms with Gasteiger partial charge in [-0.25, -0.2) is 0 Å². The molecule has 0 amide bonds. The molecule has 1 atom stereocenters. The van der Waals surface area contributed by atoms with Gasteiger partial charge in [-0.1, -0.05) is 281 Å². The molecule has 0 aromatic rings. The van der Waals surface area contributed by atoms with E-state index in [0.29, 0.717) is 19.3 Å². The van der Waals surface area contributed by atoms with Crippen LogP contribution in [0.2, 0.25) is 0 Å². The van der Waals surface area contributed by atoms with Crippen molar-refractivity contribution < 1.29 is 28.6 Å². The monoisotopic (exact) mass is 1140 g/mol. The number of unbranched alkanes of at least 4 members (excludes halogenated alkanes) is 23. The molecule has 0 saturated carbocycles. The highest BCUT2D eigenvalue weighted by Crippen LogP contribution is 2.14. The van der Waals surface area contributed by atoms with E-state index >= 15 is 0 Å². The summed E-state index contributed by atoms with van der Waals surface area (Å²) in [5.74, 6) is -0.987. The van der Waals surface area contributed by atoms with Crippen LogP contribution >= 0.6 is 0 Å². The number of allylic oxidation sites excluding steroid dienone is 26. The number of ether oxygens (including phenoxy) is 3. The first-order valence-electron chi connectivity index (χ1n) is 34.0. The second-order valence-electron chi connectivity index (χ2n) is 22.0. The molecule has 6 nitrogen and oxygen atoms in total. The first-order valence-corrected chi connectivity index (χ1v) is 34.0. The van der Waals surface area contributed by atoms with Gasteiger partial charge in [0, 0.05) is 19.3 Å². The van der Waals surface area contributed by atoms with Crippen LogP contribution in [0.15, 0.2) is 158 Å². The van der Waals surface area contributed by atoms with Gasteiger partial charge in [-0.2, -0.15) is 0 Å². The van der Waals surface area contributed by atoms with Crippen molar-refractivity contribution in [1.82, 2.24) is 0 Å². The Labute approximate surface area is 511 Å². The molecule has 0 aliphatic rings. The van der Waals surface area contributed by atoms with Gasteiger partial charge in [-0.05, 0) is 148 Å². The standard InChI is InChI=1S/C77H124O6/c1-4-7-10-13-16-19-22-25-28-31-33-34-35-36-37-38-39-40-41-42-44-46-49-52-55-58-61-64-67-70-76(79)82-73-74(72-81-75(78)69-66-63-60-57-54-51-48-45-30-27-24-21-18-15-12-9-6-3)83-77(80)71-68-65-62-59-56-53-50-47-43-32-29-26-23-20-17-14-11-8-5-2/h7,10,16-17,19-20,25-30,33-34,36-37,39-40,42-44,47,49,52,58,61,74H,4-6,8-9,11-15,18,21-24,31-32,35,38,41,45-46,48,50-51,53-57,59-60,62-73H2,1-3H3/b10-7-,19-16-,20-17-,28-25-,29-26-,30-27-,34-33-,37-36-,40-39-,44-42-,47-43-,52-49-,61-58-. The van der Waals surface area contributed by atoms with Crippen molar-refractivity contribution in [2.75, 3.05) is 13.2 Å². The number of hydrogen-bond donors (Lipinski definition) is 0. The predicted octanol–water partition coefficient (Wildman–Crippen LogP) is 23.7. The van der Waals surface area contributed by atoms with Gasteiger partial charge >= 0.3 is 17.9 Å². The van der Waals surface area contributed by atoms with Crippen LogP contribution in [0.4, 0.5) is 0 Å². The zero-order valence-electron chi connectivity index (χ0n) is 53.7. The van der Waals surface area contributed by atoms with Gasteiger partial charge in [0.15, 0.2) is 6.10 Å². The summed E-state index contributed by atoms with van der Waals surface area (Å²) in [6.45, 7) is 6.44. The molecule has 0 fully saturated rings. The zero-order chi connectivity index (χ0) is 59.9. The number of carbonyl (C=O) groups excluding carboxylic acids is 3. The van der Waals surface area contributed by atoms with E-state index in [9.17, 15) is 14.4 Å². The lowest BCUT2D eigenvalue weighted by molar-refractivity contribution is -0.167. The fraction of sp³-hybridized carbons (Fsp3) is 0.623. The SMILES string of the molecule is CC/C=C\C/C=C\C/C=C\C/C=C\C/C=C\C/C=C\C/C=C\C/C=C\C/C=C\CCCC(=O)OCC(COC(=O)CCCCCCCCC/C=C\CCCCCCCC)OC(=O)CCCCCCCC/C=C\C/C=C\C/C=C\CCCCC. The molecule has 0 heterocycles. The minimum Gasteiger partial charge on any atom is -0.462 e. The lowest BCUT2D eigenvalue weighted by atomic mass is 10.1. The Kier molecular flexibility index (Phi) is 65.4. The largest absolute Gasteiger partial charge is 0.462 e. The van der Waals surface area contributed by atoms with Crippen LogP contribution in [-0.2, 0) is 28.6 Å². The molecule has 0 N–H and O–H groups in total. The quantitative estimate of drug-likeness (QED) is 0.0261. The Morgan fingerprint density at radius 2 is 0.482 bits per heavy atom. The Morgan fingerprint density at radius 1 is 0.253 bits per heavy atom. The molecule has 0 spiro atoms. The van der Waals surface area contributed by atoms with Crippen LogP contribution < -0.4 is 0 Å². The number of hydrogen-bond acceptors (Lipinski definition) is 6. The Balaban J connectivity index is 4.52. The number of rotatable bonds is 60. The van der Waals surface area contributed by atoms with E-state index in [1.165, 1.54) is 116 Å². The second-order valence-corrected chi connectivity index (χ2v) is 22.0. The summed E-state index contributed by atoms with van der Waals surface area (Å²) in [5.41, 5.74) is 0. The molecule has 0 aromatic heterocycles. The third kappa shape index (κ3) is 67.7. The van der Waals surface area contributed by atoms with E-state index in [1.54, 1.807) is 0 Å². The van der Waals surface area contributed by atoms with Crippen LogP contribution in [0.25, 0.3) is 0 Å². The van der Waals surface area contributed by atoms with Crippen molar-refractivity contribution >= 4 is 17.9 Å². The third-order valence-corrected chi connectivity index (χ3v) is 14.0. The van der Waals surface area contributed by atoms with Gasteiger partial charge in [-0.3, -0.25) is 14.4 Å². The topological polar surface area (TPSA) is 78.9 Å². The van der Waals surface area contributed by atoms with Crippen molar-refractivity contribution in [3.05, 3.63) is 158 Å². The zero-order valence-corrected chi connectivity index (χ0v) is 53.7. The molecule has 83 heavy (non-hydrogen) atoms. The van der Waals surface area contributed by atoms with Crippen molar-refractivity contribution in [2.24, 2.45) is 0 Å². The van der Waals surface area contributed by atoms with Crippen LogP contribution in [0.3, 0.4) is 0 Å². The van der Waals surface area contributed by atoms with Crippen LogP contribution in [0.1, 0.15) is 290 Å². The first-order chi connectivity index (χ1) is 41.0. The fourth-order valence-corrected chi connectivity index (χ4v) is 8.92. The van der Waals surface area contributed by atoms with Gasteiger partial charge in [-0.15, -0.1) is 0 Å². The Hall–Kier alpha value is -4.97. The van der Waals surface area contributed by atoms with E-state index in [4.69, 9.17) is 14.2 Å². The number of esters is 3. The third-order valence-electron chi connectivity index (χ3n) is 14.0. The van der Waals surface area contributed by atoms with E-state index < -0.39 is 6.10 Å². The summed E-state index contributed by atoms with van der Waals surface area (Å²) in [5, 5.41) is 0. The molecule has 0 aliphatic carbocycles. The minimum atomic E-state index is -0.820. The predicted molar refractivity (Wildman–Crippen MR) is 362 cm³/mol. The van der Waals surface area contributed by atoms with Gasteiger partial charge in [0.2, 0.25) is 0 Å². The van der Waals surface area contributed by atoms with E-state index in [-0.39, 0.29) is 37.5 Å². The van der Waals surface area contributed by atoms with E-state index in [0.717, 1.165) is 128 Å². The number of carbonyl (C=O) groups is 3. The molecule has 0 rings (SSSR count). The summed E-state index contributed by atoms with van der Waals surface area (Å²) in [6, 6.07) is 0. The highest BCUT2D eigenvalue weighted by atomic mass is 16.6. The molecule has 6 heteroatoms. The highest BCUT2D eigenvalue weighted by molar-refractivity contribution is 5.71. The summed E-state index contributed by atoms with van der Waals surface area (Å²) in [7, 11) is 0. The van der Waals surface area contributed by atoms with Gasteiger partial charge < -0.3 is 14.2 Å². The molecular formula is C77H124O6. The van der Waals surface area contributed by atoms with Crippen LogP contribution in [0.5, 0.6) is 0 Å². The molecule has 468 valence electrons. The van der Waals surface area contributed by atoms with Crippen LogP contribution in [-0.4, -0.2) is 37.2 Å². The Bertz CT molecular complexity index is 1840. The van der Waals surface area contributed by atoms with Gasteiger partial charge in [0.05, 0.1) is 0 Å². The van der Waals surface area contributed by atoms with E-state index in [2.05, 4.69) is 179 Å². The molecular weight excluding hydrogens is 1020 g/mol. The lowest BCUT2D eigenvalue weighted by Gasteiger charge is -2.18. The maximum Gasteiger partial charge on any atom is 0.306 e. The highest BCUT2D eigenvalue weighted by Gasteiger charge is 2.19. The lowest BCUT2D eigenvalue weighted by Crippen LogP contribution is -2.30. The van der Waals surface area contributed by atoms with Crippen LogP contribution in [0, 0.1) is 0 Å². The van der Waals surface area contributed by atoms with Crippen molar-refractivity contribution in [1.29, 1.82) is 0 Å². The van der Waals surface area contributed by atoms with Crippen molar-refractivity contribution in [3.8, 4) is 0 Å². The maximum atomic E-state index is 12.9. The maximum absolute atomic E-state index is 12.9. The minimum absolute atomic E-state index is 0.109. The normalized spacial score (nSPS) is 13.1. The molecule has 0 radical (unpaired) electrons. The summed E-state index contributed by atoms with van der Waals surface area (Å²) < 4.78 is 16.9. The summed E-state index contributed by atoms with van der Waals surface area (Å²) in [6.07, 6.45) is 101. The molecule has 0 saturated heterocycles. The summed E-state index contributed by atoms with van der Waals surface area (Å²) >= 11 is 0. The molecule has 1 unspecified atom stereocenters. The summed E-state index contributed by atoms with van der Waals surface area (Å²) in [4.78, 5) is 38.4. The fourth-order valence-electron chi connectivity index (χ4n) is 8.92. The molecule has 0 aromatic carbocycles. The van der Waals surface area contributed by atoms with Crippen molar-refractivity contribution in [3.63, 3.8) is 0 Å². The second kappa shape index (κ2) is 69.5. The van der Waals surface area contributed by atoms with Crippen molar-refractivity contribution in [2.45, 2.75) is 297 Å². The average molecular weight is 1150 g/mol. The van der Waals surface area contributed by atoms with Gasteiger partial charge in [0.25, 0.3) is 0 Å². The first kappa shape index (κ1) is 78.0. The molecule has 0 bridgehead atoms. The molecule has 0 aliphatic heterocycles. The van der Waals surface area contributed by atoms with E-state index in [1.807, 2.05) is 0 Å². The average Bonchev–Trinajstić information content (AvgIpc) is 3.49. The van der Waals surface area contributed by atoms with Gasteiger partial charge in [0.1, 0.15) is 13.2 Å².